The Morgan fingerprint density at radius 1 is 1.30 bits per heavy atom. The highest BCUT2D eigenvalue weighted by molar-refractivity contribution is 14.0. The summed E-state index contributed by atoms with van der Waals surface area (Å²) in [7, 11) is 3.53. The molecule has 132 valence electrons. The van der Waals surface area contributed by atoms with Crippen molar-refractivity contribution in [1.82, 2.24) is 15.1 Å². The standard InChI is InChI=1S/C17H30N4O.HI/c1-14(2)11-18-16(19-12-15(22)20(3)4)21-10-9-17(13-21)7-5-6-8-17;/h1,5-13H2,2-4H3,(H,18,19);1H. The zero-order chi connectivity index (χ0) is 16.2. The Hall–Kier alpha value is -0.790. The van der Waals surface area contributed by atoms with Crippen LogP contribution in [0.2, 0.25) is 0 Å². The van der Waals surface area contributed by atoms with Crippen molar-refractivity contribution in [1.29, 1.82) is 0 Å². The number of hydrogen-bond acceptors (Lipinski definition) is 2. The van der Waals surface area contributed by atoms with Gasteiger partial charge in [0.1, 0.15) is 6.54 Å². The summed E-state index contributed by atoms with van der Waals surface area (Å²) in [6, 6.07) is 0. The molecular weight excluding hydrogens is 403 g/mol. The van der Waals surface area contributed by atoms with Gasteiger partial charge in [-0.25, -0.2) is 4.99 Å². The summed E-state index contributed by atoms with van der Waals surface area (Å²) >= 11 is 0. The maximum Gasteiger partial charge on any atom is 0.243 e. The number of amides is 1. The van der Waals surface area contributed by atoms with E-state index in [0.717, 1.165) is 24.6 Å². The molecule has 0 bridgehead atoms. The molecule has 1 heterocycles. The van der Waals surface area contributed by atoms with E-state index in [4.69, 9.17) is 0 Å². The van der Waals surface area contributed by atoms with E-state index >= 15 is 0 Å². The molecule has 23 heavy (non-hydrogen) atoms. The van der Waals surface area contributed by atoms with Gasteiger partial charge in [0, 0.05) is 33.7 Å². The summed E-state index contributed by atoms with van der Waals surface area (Å²) < 4.78 is 0. The lowest BCUT2D eigenvalue weighted by Gasteiger charge is -2.26. The lowest BCUT2D eigenvalue weighted by atomic mass is 9.86. The summed E-state index contributed by atoms with van der Waals surface area (Å²) in [5, 5.41) is 3.37. The summed E-state index contributed by atoms with van der Waals surface area (Å²) in [6.45, 7) is 8.96. The van der Waals surface area contributed by atoms with Gasteiger partial charge in [0.15, 0.2) is 5.96 Å². The molecule has 6 heteroatoms. The Morgan fingerprint density at radius 3 is 2.52 bits per heavy atom. The minimum absolute atomic E-state index is 0. The van der Waals surface area contributed by atoms with Gasteiger partial charge in [0.05, 0.1) is 0 Å². The third-order valence-electron chi connectivity index (χ3n) is 4.81. The SMILES string of the molecule is C=C(C)CNC(=NCC(=O)N(C)C)N1CCC2(CCCC2)C1.I. The molecule has 0 aromatic rings. The first-order chi connectivity index (χ1) is 10.4. The number of likely N-dealkylation sites (tertiary alicyclic amines) is 1. The average molecular weight is 434 g/mol. The minimum Gasteiger partial charge on any atom is -0.353 e. The third-order valence-corrected chi connectivity index (χ3v) is 4.81. The highest BCUT2D eigenvalue weighted by Gasteiger charge is 2.41. The van der Waals surface area contributed by atoms with Crippen LogP contribution in [-0.2, 0) is 4.79 Å². The van der Waals surface area contributed by atoms with Gasteiger partial charge in [-0.3, -0.25) is 4.79 Å². The molecule has 2 rings (SSSR count). The molecule has 1 aliphatic heterocycles. The van der Waals surface area contributed by atoms with Crippen molar-refractivity contribution < 1.29 is 4.79 Å². The van der Waals surface area contributed by atoms with Gasteiger partial charge in [0.25, 0.3) is 0 Å². The molecule has 0 atom stereocenters. The van der Waals surface area contributed by atoms with Crippen LogP contribution in [0.1, 0.15) is 39.0 Å². The molecule has 1 saturated carbocycles. The first kappa shape index (κ1) is 20.3. The first-order valence-electron chi connectivity index (χ1n) is 8.30. The van der Waals surface area contributed by atoms with E-state index < -0.39 is 0 Å². The van der Waals surface area contributed by atoms with Crippen LogP contribution in [0.3, 0.4) is 0 Å². The zero-order valence-electron chi connectivity index (χ0n) is 14.7. The van der Waals surface area contributed by atoms with Crippen LogP contribution in [0.4, 0.5) is 0 Å². The molecule has 0 radical (unpaired) electrons. The largest absolute Gasteiger partial charge is 0.353 e. The smallest absolute Gasteiger partial charge is 0.243 e. The van der Waals surface area contributed by atoms with Crippen LogP contribution in [0.5, 0.6) is 0 Å². The van der Waals surface area contributed by atoms with Gasteiger partial charge in [0.2, 0.25) is 5.91 Å². The number of rotatable bonds is 4. The Balaban J connectivity index is 0.00000264. The van der Waals surface area contributed by atoms with E-state index in [1.807, 2.05) is 6.92 Å². The van der Waals surface area contributed by atoms with E-state index in [1.165, 1.54) is 32.1 Å². The monoisotopic (exact) mass is 434 g/mol. The van der Waals surface area contributed by atoms with Crippen molar-refractivity contribution in [2.45, 2.75) is 39.0 Å². The zero-order valence-corrected chi connectivity index (χ0v) is 17.1. The Morgan fingerprint density at radius 2 is 1.96 bits per heavy atom. The fraction of sp³-hybridized carbons (Fsp3) is 0.765. The van der Waals surface area contributed by atoms with Crippen molar-refractivity contribution >= 4 is 35.8 Å². The molecule has 1 saturated heterocycles. The average Bonchev–Trinajstić information content (AvgIpc) is 3.09. The van der Waals surface area contributed by atoms with Gasteiger partial charge < -0.3 is 15.1 Å². The highest BCUT2D eigenvalue weighted by Crippen LogP contribution is 2.45. The molecule has 1 spiro atoms. The van der Waals surface area contributed by atoms with E-state index in [-0.39, 0.29) is 36.4 Å². The summed E-state index contributed by atoms with van der Waals surface area (Å²) in [5.74, 6) is 0.895. The van der Waals surface area contributed by atoms with Gasteiger partial charge in [-0.2, -0.15) is 0 Å². The number of likely N-dealkylation sites (N-methyl/N-ethyl adjacent to an activating group) is 1. The Labute approximate surface area is 157 Å². The van der Waals surface area contributed by atoms with Crippen molar-refractivity contribution in [2.75, 3.05) is 40.3 Å². The van der Waals surface area contributed by atoms with Crippen LogP contribution < -0.4 is 5.32 Å². The molecular formula is C17H31IN4O. The van der Waals surface area contributed by atoms with Crippen molar-refractivity contribution in [2.24, 2.45) is 10.4 Å². The predicted molar refractivity (Wildman–Crippen MR) is 106 cm³/mol. The Kier molecular flexibility index (Phi) is 7.83. The quantitative estimate of drug-likeness (QED) is 0.320. The summed E-state index contributed by atoms with van der Waals surface area (Å²) in [4.78, 5) is 20.3. The second-order valence-corrected chi connectivity index (χ2v) is 7.12. The van der Waals surface area contributed by atoms with E-state index in [2.05, 4.69) is 21.8 Å². The molecule has 2 aliphatic rings. The number of carbonyl (C=O) groups excluding carboxylic acids is 1. The lowest BCUT2D eigenvalue weighted by Crippen LogP contribution is -2.42. The number of halogens is 1. The van der Waals surface area contributed by atoms with E-state index in [9.17, 15) is 4.79 Å². The minimum atomic E-state index is 0. The molecule has 0 aromatic carbocycles. The molecule has 1 amide bonds. The summed E-state index contributed by atoms with van der Waals surface area (Å²) in [6.07, 6.45) is 6.65. The van der Waals surface area contributed by atoms with Crippen LogP contribution in [0.25, 0.3) is 0 Å². The number of nitrogens with zero attached hydrogens (tertiary/aromatic N) is 3. The van der Waals surface area contributed by atoms with Crippen molar-refractivity contribution in [3.8, 4) is 0 Å². The molecule has 1 aliphatic carbocycles. The third kappa shape index (κ3) is 5.65. The number of carbonyl (C=O) groups is 1. The topological polar surface area (TPSA) is 47.9 Å². The lowest BCUT2D eigenvalue weighted by molar-refractivity contribution is -0.127. The molecule has 0 aromatic heterocycles. The molecule has 2 fully saturated rings. The molecule has 5 nitrogen and oxygen atoms in total. The van der Waals surface area contributed by atoms with Crippen LogP contribution >= 0.6 is 24.0 Å². The maximum absolute atomic E-state index is 11.8. The van der Waals surface area contributed by atoms with Gasteiger partial charge in [-0.05, 0) is 31.6 Å². The number of hydrogen-bond donors (Lipinski definition) is 1. The maximum atomic E-state index is 11.8. The van der Waals surface area contributed by atoms with Gasteiger partial charge in [-0.15, -0.1) is 24.0 Å². The number of aliphatic imine (C=N–C) groups is 1. The number of nitrogens with one attached hydrogen (secondary N) is 1. The molecule has 1 N–H and O–H groups in total. The second-order valence-electron chi connectivity index (χ2n) is 7.12. The van der Waals surface area contributed by atoms with Crippen molar-refractivity contribution in [3.63, 3.8) is 0 Å². The first-order valence-corrected chi connectivity index (χ1v) is 8.30. The fourth-order valence-electron chi connectivity index (χ4n) is 3.43. The Bertz CT molecular complexity index is 456. The highest BCUT2D eigenvalue weighted by atomic mass is 127. The van der Waals surface area contributed by atoms with Crippen LogP contribution in [0.15, 0.2) is 17.1 Å². The van der Waals surface area contributed by atoms with E-state index in [0.29, 0.717) is 12.0 Å². The van der Waals surface area contributed by atoms with Crippen LogP contribution in [0, 0.1) is 5.41 Å². The normalized spacial score (nSPS) is 19.6. The van der Waals surface area contributed by atoms with Gasteiger partial charge >= 0.3 is 0 Å². The number of guanidine groups is 1. The molecule has 0 unspecified atom stereocenters. The van der Waals surface area contributed by atoms with Crippen LogP contribution in [-0.4, -0.2) is 61.9 Å². The van der Waals surface area contributed by atoms with E-state index in [1.54, 1.807) is 19.0 Å². The second kappa shape index (κ2) is 8.89. The van der Waals surface area contributed by atoms with Crippen molar-refractivity contribution in [3.05, 3.63) is 12.2 Å². The summed E-state index contributed by atoms with van der Waals surface area (Å²) in [5.41, 5.74) is 1.57. The fourth-order valence-corrected chi connectivity index (χ4v) is 3.43. The van der Waals surface area contributed by atoms with Gasteiger partial charge in [-0.1, -0.05) is 25.0 Å². The predicted octanol–water partition coefficient (Wildman–Crippen LogP) is 2.48.